The number of aryl methyl sites for hydroxylation is 2. The van der Waals surface area contributed by atoms with Gasteiger partial charge in [-0.3, -0.25) is 0 Å². The summed E-state index contributed by atoms with van der Waals surface area (Å²) in [6.07, 6.45) is 3.48. The average molecular weight is 237 g/mol. The molecule has 0 radical (unpaired) electrons. The van der Waals surface area contributed by atoms with Crippen LogP contribution in [0.25, 0.3) is 0 Å². The third kappa shape index (κ3) is 2.46. The first-order valence-electron chi connectivity index (χ1n) is 6.78. The maximum absolute atomic E-state index is 3.44. The van der Waals surface area contributed by atoms with E-state index in [9.17, 15) is 0 Å². The van der Waals surface area contributed by atoms with Gasteiger partial charge in [0.25, 0.3) is 0 Å². The number of benzene rings is 2. The predicted octanol–water partition coefficient (Wildman–Crippen LogP) is 3.12. The van der Waals surface area contributed by atoms with E-state index in [1.54, 1.807) is 5.56 Å². The van der Waals surface area contributed by atoms with Crippen LogP contribution in [-0.4, -0.2) is 6.54 Å². The molecule has 0 saturated heterocycles. The summed E-state index contributed by atoms with van der Waals surface area (Å²) in [5.74, 6) is 0. The fourth-order valence-electron chi connectivity index (χ4n) is 2.77. The van der Waals surface area contributed by atoms with Crippen LogP contribution in [0.1, 0.15) is 22.3 Å². The minimum absolute atomic E-state index is 1.04. The second-order valence-corrected chi connectivity index (χ2v) is 4.97. The van der Waals surface area contributed by atoms with Gasteiger partial charge in [0.1, 0.15) is 0 Å². The molecule has 0 amide bonds. The molecule has 2 aromatic carbocycles. The summed E-state index contributed by atoms with van der Waals surface area (Å²) < 4.78 is 0. The van der Waals surface area contributed by atoms with Crippen LogP contribution in [0, 0.1) is 0 Å². The van der Waals surface area contributed by atoms with Crippen LogP contribution < -0.4 is 5.32 Å². The zero-order valence-corrected chi connectivity index (χ0v) is 10.7. The van der Waals surface area contributed by atoms with E-state index in [0.29, 0.717) is 0 Å². The molecule has 18 heavy (non-hydrogen) atoms. The smallest absolute Gasteiger partial charge is 0.0208 e. The molecule has 1 nitrogen and oxygen atoms in total. The Labute approximate surface area is 109 Å². The molecule has 0 spiro atoms. The summed E-state index contributed by atoms with van der Waals surface area (Å²) in [5.41, 5.74) is 6.06. The van der Waals surface area contributed by atoms with E-state index in [4.69, 9.17) is 0 Å². The van der Waals surface area contributed by atoms with Gasteiger partial charge in [0.2, 0.25) is 0 Å². The summed E-state index contributed by atoms with van der Waals surface area (Å²) in [7, 11) is 0. The van der Waals surface area contributed by atoms with Crippen molar-refractivity contribution in [2.24, 2.45) is 0 Å². The van der Waals surface area contributed by atoms with E-state index in [-0.39, 0.29) is 0 Å². The molecule has 1 N–H and O–H groups in total. The van der Waals surface area contributed by atoms with Crippen LogP contribution in [0.4, 0.5) is 0 Å². The molecule has 1 aliphatic heterocycles. The van der Waals surface area contributed by atoms with E-state index in [1.807, 2.05) is 0 Å². The van der Waals surface area contributed by atoms with Crippen LogP contribution in [-0.2, 0) is 25.8 Å². The molecule has 92 valence electrons. The lowest BCUT2D eigenvalue weighted by Gasteiger charge is -2.20. The summed E-state index contributed by atoms with van der Waals surface area (Å²) >= 11 is 0. The lowest BCUT2D eigenvalue weighted by Crippen LogP contribution is -2.24. The van der Waals surface area contributed by atoms with Gasteiger partial charge in [0.05, 0.1) is 0 Å². The lowest BCUT2D eigenvalue weighted by atomic mass is 9.92. The van der Waals surface area contributed by atoms with Crippen LogP contribution in [0.3, 0.4) is 0 Å². The fraction of sp³-hybridized carbons (Fsp3) is 0.294. The van der Waals surface area contributed by atoms with Gasteiger partial charge in [0.15, 0.2) is 0 Å². The van der Waals surface area contributed by atoms with Crippen molar-refractivity contribution in [1.29, 1.82) is 0 Å². The molecule has 0 unspecified atom stereocenters. The fourth-order valence-corrected chi connectivity index (χ4v) is 2.77. The summed E-state index contributed by atoms with van der Waals surface area (Å²) in [6.45, 7) is 2.16. The Morgan fingerprint density at radius 1 is 0.889 bits per heavy atom. The summed E-state index contributed by atoms with van der Waals surface area (Å²) in [4.78, 5) is 0. The first-order chi connectivity index (χ1) is 8.93. The molecule has 1 heterocycles. The topological polar surface area (TPSA) is 12.0 Å². The second-order valence-electron chi connectivity index (χ2n) is 4.97. The molecule has 1 heteroatoms. The van der Waals surface area contributed by atoms with Gasteiger partial charge < -0.3 is 5.32 Å². The van der Waals surface area contributed by atoms with Gasteiger partial charge in [0, 0.05) is 6.54 Å². The Morgan fingerprint density at radius 2 is 1.78 bits per heavy atom. The van der Waals surface area contributed by atoms with E-state index in [1.165, 1.54) is 23.1 Å². The summed E-state index contributed by atoms with van der Waals surface area (Å²) in [6, 6.07) is 17.5. The maximum Gasteiger partial charge on any atom is 0.0208 e. The Balaban J connectivity index is 1.77. The van der Waals surface area contributed by atoms with Gasteiger partial charge >= 0.3 is 0 Å². The van der Waals surface area contributed by atoms with Gasteiger partial charge in [-0.25, -0.2) is 0 Å². The Bertz CT molecular complexity index is 516. The summed E-state index contributed by atoms with van der Waals surface area (Å²) in [5, 5.41) is 3.44. The van der Waals surface area contributed by atoms with Crippen molar-refractivity contribution in [3.63, 3.8) is 0 Å². The zero-order chi connectivity index (χ0) is 12.2. The molecule has 0 fully saturated rings. The highest BCUT2D eigenvalue weighted by Gasteiger charge is 2.11. The minimum atomic E-state index is 1.04. The monoisotopic (exact) mass is 237 g/mol. The van der Waals surface area contributed by atoms with Gasteiger partial charge in [-0.2, -0.15) is 0 Å². The van der Waals surface area contributed by atoms with Crippen molar-refractivity contribution in [2.75, 3.05) is 6.54 Å². The maximum atomic E-state index is 3.44. The lowest BCUT2D eigenvalue weighted by molar-refractivity contribution is 0.638. The molecule has 2 aromatic rings. The number of hydrogen-bond donors (Lipinski definition) is 1. The third-order valence-corrected chi connectivity index (χ3v) is 3.76. The average Bonchev–Trinajstić information content (AvgIpc) is 2.46. The van der Waals surface area contributed by atoms with Crippen molar-refractivity contribution in [2.45, 2.75) is 25.8 Å². The van der Waals surface area contributed by atoms with Gasteiger partial charge in [-0.05, 0) is 48.1 Å². The van der Waals surface area contributed by atoms with E-state index >= 15 is 0 Å². The quantitative estimate of drug-likeness (QED) is 0.865. The zero-order valence-electron chi connectivity index (χ0n) is 10.7. The van der Waals surface area contributed by atoms with Crippen molar-refractivity contribution in [3.05, 3.63) is 70.8 Å². The van der Waals surface area contributed by atoms with Crippen molar-refractivity contribution >= 4 is 0 Å². The van der Waals surface area contributed by atoms with Crippen LogP contribution in [0.5, 0.6) is 0 Å². The van der Waals surface area contributed by atoms with E-state index < -0.39 is 0 Å². The van der Waals surface area contributed by atoms with Gasteiger partial charge in [-0.15, -0.1) is 0 Å². The predicted molar refractivity (Wildman–Crippen MR) is 75.7 cm³/mol. The molecular formula is C17H19N. The van der Waals surface area contributed by atoms with E-state index in [0.717, 1.165) is 25.9 Å². The van der Waals surface area contributed by atoms with Crippen molar-refractivity contribution in [3.8, 4) is 0 Å². The highest BCUT2D eigenvalue weighted by atomic mass is 14.9. The van der Waals surface area contributed by atoms with Crippen molar-refractivity contribution < 1.29 is 0 Å². The first kappa shape index (κ1) is 11.5. The number of fused-ring (bicyclic) bond motifs is 1. The van der Waals surface area contributed by atoms with Gasteiger partial charge in [-0.1, -0.05) is 48.5 Å². The highest BCUT2D eigenvalue weighted by molar-refractivity contribution is 5.37. The normalized spacial score (nSPS) is 14.2. The highest BCUT2D eigenvalue weighted by Crippen LogP contribution is 2.20. The number of hydrogen-bond acceptors (Lipinski definition) is 1. The largest absolute Gasteiger partial charge is 0.312 e. The third-order valence-electron chi connectivity index (χ3n) is 3.76. The molecule has 0 bridgehead atoms. The molecule has 0 saturated carbocycles. The van der Waals surface area contributed by atoms with E-state index in [2.05, 4.69) is 53.8 Å². The standard InChI is InChI=1S/C17H19N/c1-2-5-14(6-3-1)9-10-15-7-4-8-16-13-18-12-11-17(15)16/h1-8,18H,9-13H2. The Hall–Kier alpha value is -1.60. The van der Waals surface area contributed by atoms with Crippen LogP contribution in [0.15, 0.2) is 48.5 Å². The number of nitrogens with one attached hydrogen (secondary N) is 1. The Kier molecular flexibility index (Phi) is 3.42. The molecule has 0 aliphatic carbocycles. The number of rotatable bonds is 3. The SMILES string of the molecule is c1ccc(CCc2cccc3c2CCNC3)cc1. The molecular weight excluding hydrogens is 218 g/mol. The Morgan fingerprint density at radius 3 is 2.67 bits per heavy atom. The minimum Gasteiger partial charge on any atom is -0.312 e. The molecule has 3 rings (SSSR count). The first-order valence-corrected chi connectivity index (χ1v) is 6.78. The molecule has 0 atom stereocenters. The molecule has 1 aliphatic rings. The van der Waals surface area contributed by atoms with Crippen molar-refractivity contribution in [1.82, 2.24) is 5.32 Å². The van der Waals surface area contributed by atoms with Crippen LogP contribution >= 0.6 is 0 Å². The molecule has 0 aromatic heterocycles. The second kappa shape index (κ2) is 5.36. The van der Waals surface area contributed by atoms with Crippen LogP contribution in [0.2, 0.25) is 0 Å².